The number of hydrogen-bond acceptors (Lipinski definition) is 1. The van der Waals surface area contributed by atoms with Gasteiger partial charge in [-0.1, -0.05) is 18.2 Å². The van der Waals surface area contributed by atoms with Crippen LogP contribution >= 0.6 is 11.3 Å². The van der Waals surface area contributed by atoms with Gasteiger partial charge in [0.1, 0.15) is 0 Å². The molecule has 1 aromatic carbocycles. The summed E-state index contributed by atoms with van der Waals surface area (Å²) in [4.78, 5) is 0. The van der Waals surface area contributed by atoms with Gasteiger partial charge in [0.05, 0.1) is 0 Å². The molecule has 2 rings (SSSR count). The lowest BCUT2D eigenvalue weighted by atomic mass is 10.1. The summed E-state index contributed by atoms with van der Waals surface area (Å²) in [5, 5.41) is 1.88. The second-order valence-corrected chi connectivity index (χ2v) is 4.13. The average Bonchev–Trinajstić information content (AvgIpc) is 2.62. The molecule has 1 aromatic heterocycles. The summed E-state index contributed by atoms with van der Waals surface area (Å²) >= 11 is 0.877. The smallest absolute Gasteiger partial charge is 0.191 e. The van der Waals surface area contributed by atoms with E-state index < -0.39 is 17.7 Å². The maximum absolute atomic E-state index is 13.2. The van der Waals surface area contributed by atoms with Gasteiger partial charge < -0.3 is 0 Å². The molecule has 0 aliphatic heterocycles. The van der Waals surface area contributed by atoms with Crippen LogP contribution in [0.3, 0.4) is 0 Å². The number of fused-ring (bicyclic) bond motifs is 1. The van der Waals surface area contributed by atoms with Crippen molar-refractivity contribution in [3.05, 3.63) is 35.2 Å². The van der Waals surface area contributed by atoms with Gasteiger partial charge in [-0.3, -0.25) is 0 Å². The summed E-state index contributed by atoms with van der Waals surface area (Å²) in [5.41, 5.74) is -0.979. The van der Waals surface area contributed by atoms with Crippen LogP contribution in [-0.4, -0.2) is 6.18 Å². The van der Waals surface area contributed by atoms with Crippen molar-refractivity contribution < 1.29 is 22.0 Å². The zero-order chi connectivity index (χ0) is 12.0. The van der Waals surface area contributed by atoms with Gasteiger partial charge in [-0.2, -0.15) is 22.0 Å². The van der Waals surface area contributed by atoms with Gasteiger partial charge in [-0.05, 0) is 16.8 Å². The van der Waals surface area contributed by atoms with Crippen molar-refractivity contribution in [2.75, 3.05) is 0 Å². The van der Waals surface area contributed by atoms with E-state index in [9.17, 15) is 22.0 Å². The molecule has 0 spiro atoms. The third-order valence-corrected chi connectivity index (χ3v) is 3.14. The molecule has 0 N–H and O–H groups in total. The van der Waals surface area contributed by atoms with Gasteiger partial charge in [-0.15, -0.1) is 11.3 Å². The van der Waals surface area contributed by atoms with Gasteiger partial charge in [0, 0.05) is 10.3 Å². The lowest BCUT2D eigenvalue weighted by molar-refractivity contribution is -0.288. The molecule has 0 amide bonds. The molecule has 86 valence electrons. The molecule has 2 aromatic rings. The maximum atomic E-state index is 13.2. The summed E-state index contributed by atoms with van der Waals surface area (Å²) in [7, 11) is 0. The SMILES string of the molecule is FC(F)(F)C(F)(F)c1cccc2ccsc12. The van der Waals surface area contributed by atoms with Crippen LogP contribution in [-0.2, 0) is 5.92 Å². The molecule has 0 aliphatic carbocycles. The van der Waals surface area contributed by atoms with E-state index in [-0.39, 0.29) is 4.70 Å². The number of thiophene rings is 1. The zero-order valence-electron chi connectivity index (χ0n) is 7.68. The third-order valence-electron chi connectivity index (χ3n) is 2.17. The van der Waals surface area contributed by atoms with Crippen LogP contribution < -0.4 is 0 Å². The van der Waals surface area contributed by atoms with Crippen molar-refractivity contribution in [1.82, 2.24) is 0 Å². The number of benzene rings is 1. The Hall–Kier alpha value is -1.17. The first-order valence-electron chi connectivity index (χ1n) is 4.25. The monoisotopic (exact) mass is 252 g/mol. The van der Waals surface area contributed by atoms with Crippen molar-refractivity contribution in [3.63, 3.8) is 0 Å². The van der Waals surface area contributed by atoms with Gasteiger partial charge >= 0.3 is 12.1 Å². The topological polar surface area (TPSA) is 0 Å². The summed E-state index contributed by atoms with van der Waals surface area (Å²) in [5.74, 6) is -4.81. The Morgan fingerprint density at radius 1 is 0.938 bits per heavy atom. The van der Waals surface area contributed by atoms with Crippen LogP contribution in [0.5, 0.6) is 0 Å². The molecule has 0 saturated carbocycles. The molecular formula is C10H5F5S. The molecule has 1 heterocycles. The Kier molecular flexibility index (Phi) is 2.41. The summed E-state index contributed by atoms with van der Waals surface area (Å²) in [6.45, 7) is 0. The van der Waals surface area contributed by atoms with Crippen molar-refractivity contribution in [1.29, 1.82) is 0 Å². The maximum Gasteiger partial charge on any atom is 0.458 e. The molecule has 16 heavy (non-hydrogen) atoms. The molecule has 0 nitrogen and oxygen atoms in total. The van der Waals surface area contributed by atoms with Crippen LogP contribution in [0.1, 0.15) is 5.56 Å². The molecule has 0 saturated heterocycles. The Bertz CT molecular complexity index is 511. The highest BCUT2D eigenvalue weighted by atomic mass is 32.1. The third kappa shape index (κ3) is 1.57. The zero-order valence-corrected chi connectivity index (χ0v) is 8.50. The fraction of sp³-hybridized carbons (Fsp3) is 0.200. The van der Waals surface area contributed by atoms with Crippen LogP contribution in [0.15, 0.2) is 29.6 Å². The van der Waals surface area contributed by atoms with Crippen molar-refractivity contribution in [2.24, 2.45) is 0 Å². The first-order valence-corrected chi connectivity index (χ1v) is 5.13. The molecule has 0 aliphatic rings. The second-order valence-electron chi connectivity index (χ2n) is 3.22. The molecular weight excluding hydrogens is 247 g/mol. The summed E-state index contributed by atoms with van der Waals surface area (Å²) in [6, 6.07) is 5.02. The summed E-state index contributed by atoms with van der Waals surface area (Å²) < 4.78 is 62.9. The molecule has 6 heteroatoms. The van der Waals surface area contributed by atoms with E-state index in [0.29, 0.717) is 5.39 Å². The van der Waals surface area contributed by atoms with Gasteiger partial charge in [0.2, 0.25) is 0 Å². The second kappa shape index (κ2) is 3.41. The minimum Gasteiger partial charge on any atom is -0.191 e. The lowest BCUT2D eigenvalue weighted by Gasteiger charge is -2.20. The van der Waals surface area contributed by atoms with E-state index in [1.807, 2.05) is 0 Å². The number of rotatable bonds is 1. The first kappa shape index (κ1) is 11.3. The van der Waals surface area contributed by atoms with Crippen LogP contribution in [0.25, 0.3) is 10.1 Å². The predicted molar refractivity (Wildman–Crippen MR) is 51.8 cm³/mol. The quantitative estimate of drug-likeness (QED) is 0.653. The Morgan fingerprint density at radius 2 is 1.62 bits per heavy atom. The molecule has 0 radical (unpaired) electrons. The van der Waals surface area contributed by atoms with Crippen LogP contribution in [0.2, 0.25) is 0 Å². The van der Waals surface area contributed by atoms with Crippen LogP contribution in [0.4, 0.5) is 22.0 Å². The average molecular weight is 252 g/mol. The molecule has 0 fully saturated rings. The van der Waals surface area contributed by atoms with E-state index in [0.717, 1.165) is 17.4 Å². The van der Waals surface area contributed by atoms with Gasteiger partial charge in [0.25, 0.3) is 0 Å². The van der Waals surface area contributed by atoms with Crippen molar-refractivity contribution in [3.8, 4) is 0 Å². The lowest BCUT2D eigenvalue weighted by Crippen LogP contribution is -2.33. The molecule has 0 bridgehead atoms. The number of halogens is 5. The van der Waals surface area contributed by atoms with E-state index in [4.69, 9.17) is 0 Å². The molecule has 0 atom stereocenters. The predicted octanol–water partition coefficient (Wildman–Crippen LogP) is 4.56. The van der Waals surface area contributed by atoms with Gasteiger partial charge in [-0.25, -0.2) is 0 Å². The Balaban J connectivity index is 2.68. The highest BCUT2D eigenvalue weighted by molar-refractivity contribution is 7.17. The fourth-order valence-corrected chi connectivity index (χ4v) is 2.34. The fourth-order valence-electron chi connectivity index (χ4n) is 1.39. The minimum absolute atomic E-state index is 0.0233. The highest BCUT2D eigenvalue weighted by Crippen LogP contribution is 2.46. The largest absolute Gasteiger partial charge is 0.458 e. The van der Waals surface area contributed by atoms with Crippen LogP contribution in [0, 0.1) is 0 Å². The summed E-state index contributed by atoms with van der Waals surface area (Å²) in [6.07, 6.45) is -5.56. The van der Waals surface area contributed by atoms with Crippen molar-refractivity contribution in [2.45, 2.75) is 12.1 Å². The van der Waals surface area contributed by atoms with E-state index in [1.165, 1.54) is 23.6 Å². The number of hydrogen-bond donors (Lipinski definition) is 0. The van der Waals surface area contributed by atoms with E-state index >= 15 is 0 Å². The normalized spacial score (nSPS) is 13.3. The molecule has 0 unspecified atom stereocenters. The first-order chi connectivity index (χ1) is 7.34. The van der Waals surface area contributed by atoms with E-state index in [2.05, 4.69) is 0 Å². The minimum atomic E-state index is -5.56. The number of alkyl halides is 5. The van der Waals surface area contributed by atoms with Crippen molar-refractivity contribution >= 4 is 21.4 Å². The standard InChI is InChI=1S/C10H5F5S/c11-9(12,10(13,14)15)7-3-1-2-6-4-5-16-8(6)7/h1-5H. The Morgan fingerprint density at radius 3 is 2.25 bits per heavy atom. The van der Waals surface area contributed by atoms with E-state index in [1.54, 1.807) is 0 Å². The highest BCUT2D eigenvalue weighted by Gasteiger charge is 2.59. The van der Waals surface area contributed by atoms with Gasteiger partial charge in [0.15, 0.2) is 0 Å². The Labute approximate surface area is 91.3 Å².